The number of hydrogen-bond donors (Lipinski definition) is 1. The molecule has 0 spiro atoms. The number of nitrogens with one attached hydrogen (secondary N) is 1. The van der Waals surface area contributed by atoms with Crippen molar-refractivity contribution in [3.8, 4) is 17.0 Å². The number of anilines is 2. The van der Waals surface area contributed by atoms with Gasteiger partial charge in [-0.3, -0.25) is 0 Å². The lowest BCUT2D eigenvalue weighted by molar-refractivity contribution is 0.193. The molecule has 1 N–H and O–H groups in total. The Morgan fingerprint density at radius 3 is 2.51 bits per heavy atom. The number of imidazole rings is 1. The van der Waals surface area contributed by atoms with E-state index in [4.69, 9.17) is 9.72 Å². The van der Waals surface area contributed by atoms with Crippen LogP contribution in [0.5, 0.6) is 5.75 Å². The highest BCUT2D eigenvalue weighted by Gasteiger charge is 2.27. The van der Waals surface area contributed by atoms with E-state index in [0.717, 1.165) is 52.6 Å². The van der Waals surface area contributed by atoms with E-state index in [9.17, 15) is 4.79 Å². The van der Waals surface area contributed by atoms with Gasteiger partial charge in [0.05, 0.1) is 18.3 Å². The third-order valence-electron chi connectivity index (χ3n) is 6.70. The van der Waals surface area contributed by atoms with Crippen molar-refractivity contribution in [3.63, 3.8) is 0 Å². The topological polar surface area (TPSA) is 62.1 Å². The van der Waals surface area contributed by atoms with Crippen LogP contribution in [0.15, 0.2) is 72.9 Å². The molecule has 0 saturated carbocycles. The van der Waals surface area contributed by atoms with Crippen LogP contribution in [-0.2, 0) is 0 Å². The van der Waals surface area contributed by atoms with Gasteiger partial charge in [-0.2, -0.15) is 0 Å². The van der Waals surface area contributed by atoms with Crippen LogP contribution in [0.3, 0.4) is 0 Å². The van der Waals surface area contributed by atoms with Crippen LogP contribution in [0.2, 0.25) is 0 Å². The summed E-state index contributed by atoms with van der Waals surface area (Å²) in [5.74, 6) is 2.15. The molecule has 1 aliphatic heterocycles. The summed E-state index contributed by atoms with van der Waals surface area (Å²) in [4.78, 5) is 21.9. The lowest BCUT2D eigenvalue weighted by Gasteiger charge is -2.31. The molecule has 2 aromatic heterocycles. The lowest BCUT2D eigenvalue weighted by Crippen LogP contribution is -2.40. The SMILES string of the molecule is COc1cccc(-c2nc(C3CCN(C(=O)Nc4ccc(N(C)C)cc4)CC3)n3ccccc23)c1. The first-order valence-electron chi connectivity index (χ1n) is 12.0. The van der Waals surface area contributed by atoms with Gasteiger partial charge in [0.2, 0.25) is 0 Å². The Labute approximate surface area is 206 Å². The van der Waals surface area contributed by atoms with E-state index in [-0.39, 0.29) is 11.9 Å². The van der Waals surface area contributed by atoms with E-state index in [0.29, 0.717) is 13.1 Å². The van der Waals surface area contributed by atoms with Gasteiger partial charge in [-0.1, -0.05) is 18.2 Å². The highest BCUT2D eigenvalue weighted by Crippen LogP contribution is 2.34. The van der Waals surface area contributed by atoms with Crippen LogP contribution in [-0.4, -0.2) is 54.6 Å². The van der Waals surface area contributed by atoms with Crippen LogP contribution in [0.25, 0.3) is 16.8 Å². The molecule has 0 bridgehead atoms. The van der Waals surface area contributed by atoms with E-state index in [1.54, 1.807) is 7.11 Å². The zero-order chi connectivity index (χ0) is 24.4. The number of likely N-dealkylation sites (tertiary alicyclic amines) is 1. The maximum Gasteiger partial charge on any atom is 0.321 e. The smallest absolute Gasteiger partial charge is 0.321 e. The lowest BCUT2D eigenvalue weighted by atomic mass is 9.96. The number of aromatic nitrogens is 2. The number of carbonyl (C=O) groups excluding carboxylic acids is 1. The van der Waals surface area contributed by atoms with Crippen LogP contribution >= 0.6 is 0 Å². The summed E-state index contributed by atoms with van der Waals surface area (Å²) in [7, 11) is 5.68. The average Bonchev–Trinajstić information content (AvgIpc) is 3.29. The van der Waals surface area contributed by atoms with Gasteiger partial charge in [0.1, 0.15) is 11.6 Å². The van der Waals surface area contributed by atoms with Crippen molar-refractivity contribution in [2.45, 2.75) is 18.8 Å². The summed E-state index contributed by atoms with van der Waals surface area (Å²) >= 11 is 0. The number of piperidine rings is 1. The first-order chi connectivity index (χ1) is 17.0. The Kier molecular flexibility index (Phi) is 6.31. The van der Waals surface area contributed by atoms with E-state index in [1.807, 2.05) is 78.5 Å². The molecule has 4 aromatic rings. The minimum Gasteiger partial charge on any atom is -0.497 e. The molecule has 0 radical (unpaired) electrons. The predicted molar refractivity (Wildman–Crippen MR) is 141 cm³/mol. The van der Waals surface area contributed by atoms with Crippen molar-refractivity contribution in [2.75, 3.05) is 44.5 Å². The highest BCUT2D eigenvalue weighted by molar-refractivity contribution is 5.89. The summed E-state index contributed by atoms with van der Waals surface area (Å²) in [6.07, 6.45) is 3.83. The molecular weight excluding hydrogens is 438 g/mol. The molecule has 2 aromatic carbocycles. The third-order valence-corrected chi connectivity index (χ3v) is 6.70. The summed E-state index contributed by atoms with van der Waals surface area (Å²) in [6, 6.07) is 22.1. The molecule has 0 unspecified atom stereocenters. The Hall–Kier alpha value is -4.00. The number of pyridine rings is 1. The fourth-order valence-corrected chi connectivity index (χ4v) is 4.72. The number of nitrogens with zero attached hydrogens (tertiary/aromatic N) is 4. The second-order valence-corrected chi connectivity index (χ2v) is 9.14. The van der Waals surface area contributed by atoms with Crippen molar-refractivity contribution in [1.29, 1.82) is 0 Å². The van der Waals surface area contributed by atoms with Crippen LogP contribution < -0.4 is 15.0 Å². The molecule has 5 rings (SSSR count). The van der Waals surface area contributed by atoms with Crippen LogP contribution in [0.4, 0.5) is 16.2 Å². The van der Waals surface area contributed by atoms with E-state index in [1.165, 1.54) is 0 Å². The number of amides is 2. The van der Waals surface area contributed by atoms with Crippen molar-refractivity contribution in [1.82, 2.24) is 14.3 Å². The number of benzene rings is 2. The Morgan fingerprint density at radius 2 is 1.80 bits per heavy atom. The number of urea groups is 1. The summed E-state index contributed by atoms with van der Waals surface area (Å²) in [5, 5.41) is 3.03. The Bertz CT molecular complexity index is 1320. The van der Waals surface area contributed by atoms with Gasteiger partial charge in [0, 0.05) is 56.2 Å². The monoisotopic (exact) mass is 469 g/mol. The van der Waals surface area contributed by atoms with Crippen LogP contribution in [0.1, 0.15) is 24.6 Å². The van der Waals surface area contributed by atoms with E-state index >= 15 is 0 Å². The molecule has 180 valence electrons. The quantitative estimate of drug-likeness (QED) is 0.420. The normalized spacial score (nSPS) is 14.2. The second-order valence-electron chi connectivity index (χ2n) is 9.14. The molecule has 2 amide bonds. The van der Waals surface area contributed by atoms with Crippen molar-refractivity contribution < 1.29 is 9.53 Å². The molecule has 1 saturated heterocycles. The molecule has 0 aliphatic carbocycles. The predicted octanol–water partition coefficient (Wildman–Crippen LogP) is 5.49. The number of hydrogen-bond acceptors (Lipinski definition) is 4. The fraction of sp³-hybridized carbons (Fsp3) is 0.286. The zero-order valence-electron chi connectivity index (χ0n) is 20.4. The minimum absolute atomic E-state index is 0.0499. The largest absolute Gasteiger partial charge is 0.497 e. The standard InChI is InChI=1S/C28H31N5O2/c1-31(2)23-12-10-22(11-13-23)29-28(34)32-17-14-20(15-18-32)27-30-26(25-9-4-5-16-33(25)27)21-7-6-8-24(19-21)35-3/h4-13,16,19-20H,14-15,17-18H2,1-3H3,(H,29,34). The van der Waals surface area contributed by atoms with E-state index < -0.39 is 0 Å². The number of carbonyl (C=O) groups is 1. The van der Waals surface area contributed by atoms with Gasteiger partial charge in [-0.05, 0) is 61.4 Å². The fourth-order valence-electron chi connectivity index (χ4n) is 4.72. The first-order valence-corrected chi connectivity index (χ1v) is 12.0. The van der Waals surface area contributed by atoms with Gasteiger partial charge < -0.3 is 24.3 Å². The molecule has 3 heterocycles. The van der Waals surface area contributed by atoms with Gasteiger partial charge in [0.15, 0.2) is 0 Å². The molecule has 7 heteroatoms. The molecular formula is C28H31N5O2. The number of fused-ring (bicyclic) bond motifs is 1. The number of methoxy groups -OCH3 is 1. The highest BCUT2D eigenvalue weighted by atomic mass is 16.5. The van der Waals surface area contributed by atoms with Gasteiger partial charge in [-0.15, -0.1) is 0 Å². The minimum atomic E-state index is -0.0499. The molecule has 1 fully saturated rings. The molecule has 35 heavy (non-hydrogen) atoms. The first kappa shape index (κ1) is 22.8. The molecule has 1 aliphatic rings. The molecule has 0 atom stereocenters. The summed E-state index contributed by atoms with van der Waals surface area (Å²) in [5.41, 5.74) is 4.99. The van der Waals surface area contributed by atoms with Crippen molar-refractivity contribution in [2.24, 2.45) is 0 Å². The number of rotatable bonds is 5. The van der Waals surface area contributed by atoms with Gasteiger partial charge >= 0.3 is 6.03 Å². The van der Waals surface area contributed by atoms with E-state index in [2.05, 4.69) is 28.0 Å². The van der Waals surface area contributed by atoms with Crippen molar-refractivity contribution >= 4 is 22.9 Å². The second kappa shape index (κ2) is 9.70. The Balaban J connectivity index is 1.30. The Morgan fingerprint density at radius 1 is 1.03 bits per heavy atom. The zero-order valence-corrected chi connectivity index (χ0v) is 20.4. The van der Waals surface area contributed by atoms with Crippen LogP contribution in [0, 0.1) is 0 Å². The summed E-state index contributed by atoms with van der Waals surface area (Å²) < 4.78 is 7.62. The van der Waals surface area contributed by atoms with Gasteiger partial charge in [0.25, 0.3) is 0 Å². The summed E-state index contributed by atoms with van der Waals surface area (Å²) in [6.45, 7) is 1.39. The third kappa shape index (κ3) is 4.67. The average molecular weight is 470 g/mol. The van der Waals surface area contributed by atoms with Gasteiger partial charge in [-0.25, -0.2) is 9.78 Å². The maximum atomic E-state index is 12.9. The number of ether oxygens (including phenoxy) is 1. The molecule has 7 nitrogen and oxygen atoms in total. The van der Waals surface area contributed by atoms with Crippen molar-refractivity contribution in [3.05, 3.63) is 78.8 Å². The maximum absolute atomic E-state index is 12.9.